The standard InChI is InChI=1S/C19H12F4N2O4/c20-14-6-4-13(5-7-14)18-24-16(29-25-18)11-27-17(26)10-3-12-1-8-15(9-2-12)28-19(21,22)23/h1-10H,11H2/b10-3+. The van der Waals surface area contributed by atoms with Crippen LogP contribution in [-0.2, 0) is 16.1 Å². The number of rotatable bonds is 6. The molecule has 0 amide bonds. The summed E-state index contributed by atoms with van der Waals surface area (Å²) in [6.45, 7) is -0.282. The first-order valence-corrected chi connectivity index (χ1v) is 8.08. The Hall–Kier alpha value is -3.69. The summed E-state index contributed by atoms with van der Waals surface area (Å²) in [5.74, 6) is -1.24. The van der Waals surface area contributed by atoms with Gasteiger partial charge in [-0.15, -0.1) is 13.2 Å². The van der Waals surface area contributed by atoms with Crippen LogP contribution < -0.4 is 4.74 Å². The number of hydrogen-bond donors (Lipinski definition) is 0. The molecule has 0 unspecified atom stereocenters. The van der Waals surface area contributed by atoms with Crippen LogP contribution in [0.15, 0.2) is 59.1 Å². The summed E-state index contributed by atoms with van der Waals surface area (Å²) in [6.07, 6.45) is -2.32. The maximum absolute atomic E-state index is 12.9. The van der Waals surface area contributed by atoms with E-state index in [1.165, 1.54) is 42.5 Å². The molecule has 1 aromatic heterocycles. The van der Waals surface area contributed by atoms with Gasteiger partial charge in [-0.25, -0.2) is 9.18 Å². The fourth-order valence-electron chi connectivity index (χ4n) is 2.16. The lowest BCUT2D eigenvalue weighted by Crippen LogP contribution is -2.16. The van der Waals surface area contributed by atoms with Crippen LogP contribution in [0, 0.1) is 5.82 Å². The maximum Gasteiger partial charge on any atom is 0.573 e. The summed E-state index contributed by atoms with van der Waals surface area (Å²) in [5, 5.41) is 3.71. The lowest BCUT2D eigenvalue weighted by Gasteiger charge is -2.08. The number of ether oxygens (including phenoxy) is 2. The third-order valence-electron chi connectivity index (χ3n) is 3.43. The number of aromatic nitrogens is 2. The van der Waals surface area contributed by atoms with Crippen molar-refractivity contribution in [3.05, 3.63) is 71.9 Å². The fraction of sp³-hybridized carbons (Fsp3) is 0.105. The predicted molar refractivity (Wildman–Crippen MR) is 91.6 cm³/mol. The zero-order valence-electron chi connectivity index (χ0n) is 14.5. The van der Waals surface area contributed by atoms with Crippen LogP contribution in [0.25, 0.3) is 17.5 Å². The third kappa shape index (κ3) is 6.16. The number of esters is 1. The van der Waals surface area contributed by atoms with Gasteiger partial charge >= 0.3 is 12.3 Å². The Morgan fingerprint density at radius 3 is 2.41 bits per heavy atom. The molecule has 0 N–H and O–H groups in total. The van der Waals surface area contributed by atoms with E-state index in [1.54, 1.807) is 0 Å². The van der Waals surface area contributed by atoms with Crippen LogP contribution in [0.5, 0.6) is 5.75 Å². The Kier molecular flexibility index (Phi) is 5.91. The lowest BCUT2D eigenvalue weighted by molar-refractivity contribution is -0.274. The minimum atomic E-state index is -4.77. The molecule has 0 saturated heterocycles. The highest BCUT2D eigenvalue weighted by Crippen LogP contribution is 2.23. The van der Waals surface area contributed by atoms with Gasteiger partial charge in [0.2, 0.25) is 5.82 Å². The van der Waals surface area contributed by atoms with Crippen molar-refractivity contribution in [3.8, 4) is 17.1 Å². The monoisotopic (exact) mass is 408 g/mol. The van der Waals surface area contributed by atoms with Gasteiger partial charge in [-0.1, -0.05) is 17.3 Å². The van der Waals surface area contributed by atoms with Crippen molar-refractivity contribution in [1.82, 2.24) is 10.1 Å². The molecule has 0 fully saturated rings. The van der Waals surface area contributed by atoms with Gasteiger partial charge in [0.05, 0.1) is 0 Å². The number of carbonyl (C=O) groups excluding carboxylic acids is 1. The van der Waals surface area contributed by atoms with E-state index in [2.05, 4.69) is 14.9 Å². The number of benzene rings is 2. The molecule has 0 aliphatic carbocycles. The number of halogens is 4. The van der Waals surface area contributed by atoms with Crippen molar-refractivity contribution in [2.75, 3.05) is 0 Å². The van der Waals surface area contributed by atoms with Crippen LogP contribution >= 0.6 is 0 Å². The molecule has 0 saturated carbocycles. The highest BCUT2D eigenvalue weighted by molar-refractivity contribution is 5.87. The molecule has 2 aromatic carbocycles. The second-order valence-corrected chi connectivity index (χ2v) is 5.58. The number of carbonyl (C=O) groups is 1. The van der Waals surface area contributed by atoms with Gasteiger partial charge in [0.25, 0.3) is 5.89 Å². The first kappa shape index (κ1) is 20.1. The first-order valence-electron chi connectivity index (χ1n) is 8.08. The summed E-state index contributed by atoms with van der Waals surface area (Å²) < 4.78 is 62.9. The second kappa shape index (κ2) is 8.55. The van der Waals surface area contributed by atoms with Gasteiger partial charge in [-0.3, -0.25) is 0 Å². The van der Waals surface area contributed by atoms with E-state index in [4.69, 9.17) is 9.26 Å². The highest BCUT2D eigenvalue weighted by atomic mass is 19.4. The second-order valence-electron chi connectivity index (χ2n) is 5.58. The molecule has 3 rings (SSSR count). The highest BCUT2D eigenvalue weighted by Gasteiger charge is 2.30. The summed E-state index contributed by atoms with van der Waals surface area (Å²) in [4.78, 5) is 15.8. The van der Waals surface area contributed by atoms with E-state index >= 15 is 0 Å². The molecule has 1 heterocycles. The number of hydrogen-bond acceptors (Lipinski definition) is 6. The Morgan fingerprint density at radius 2 is 1.76 bits per heavy atom. The van der Waals surface area contributed by atoms with Gasteiger partial charge < -0.3 is 14.0 Å². The summed E-state index contributed by atoms with van der Waals surface area (Å²) in [6, 6.07) is 10.4. The van der Waals surface area contributed by atoms with Crippen molar-refractivity contribution in [3.63, 3.8) is 0 Å². The Morgan fingerprint density at radius 1 is 1.07 bits per heavy atom. The van der Waals surface area contributed by atoms with Crippen LogP contribution in [-0.4, -0.2) is 22.5 Å². The molecule has 0 spiro atoms. The molecule has 150 valence electrons. The smallest absolute Gasteiger partial charge is 0.452 e. The molecule has 0 aliphatic heterocycles. The maximum atomic E-state index is 12.9. The van der Waals surface area contributed by atoms with Gasteiger partial charge in [0.15, 0.2) is 6.61 Å². The zero-order valence-corrected chi connectivity index (χ0v) is 14.5. The Balaban J connectivity index is 1.51. The average molecular weight is 408 g/mol. The van der Waals surface area contributed by atoms with Crippen molar-refractivity contribution in [2.45, 2.75) is 13.0 Å². The van der Waals surface area contributed by atoms with Crippen molar-refractivity contribution >= 4 is 12.0 Å². The van der Waals surface area contributed by atoms with Gasteiger partial charge in [0, 0.05) is 11.6 Å². The minimum absolute atomic E-state index is 0.0414. The molecular formula is C19H12F4N2O4. The fourth-order valence-corrected chi connectivity index (χ4v) is 2.16. The van der Waals surface area contributed by atoms with E-state index in [0.717, 1.165) is 18.2 Å². The van der Waals surface area contributed by atoms with Gasteiger partial charge in [-0.2, -0.15) is 4.98 Å². The molecule has 29 heavy (non-hydrogen) atoms. The van der Waals surface area contributed by atoms with Crippen LogP contribution in [0.1, 0.15) is 11.5 Å². The summed E-state index contributed by atoms with van der Waals surface area (Å²) in [5.41, 5.74) is 0.999. The minimum Gasteiger partial charge on any atom is -0.452 e. The molecule has 6 nitrogen and oxygen atoms in total. The Bertz CT molecular complexity index is 996. The van der Waals surface area contributed by atoms with Crippen molar-refractivity contribution < 1.29 is 36.4 Å². The van der Waals surface area contributed by atoms with Crippen LogP contribution in [0.4, 0.5) is 17.6 Å². The van der Waals surface area contributed by atoms with Crippen molar-refractivity contribution in [1.29, 1.82) is 0 Å². The normalized spacial score (nSPS) is 11.6. The van der Waals surface area contributed by atoms with E-state index in [1.807, 2.05) is 0 Å². The third-order valence-corrected chi connectivity index (χ3v) is 3.43. The molecule has 0 radical (unpaired) electrons. The quantitative estimate of drug-likeness (QED) is 0.339. The zero-order chi connectivity index (χ0) is 20.9. The molecular weight excluding hydrogens is 396 g/mol. The molecule has 10 heteroatoms. The predicted octanol–water partition coefficient (Wildman–Crippen LogP) is 4.53. The molecule has 0 bridgehead atoms. The van der Waals surface area contributed by atoms with Gasteiger partial charge in [0.1, 0.15) is 11.6 Å². The van der Waals surface area contributed by atoms with Crippen LogP contribution in [0.2, 0.25) is 0 Å². The Labute approximate surface area is 161 Å². The van der Waals surface area contributed by atoms with Crippen molar-refractivity contribution in [2.24, 2.45) is 0 Å². The SMILES string of the molecule is O=C(/C=C/c1ccc(OC(F)(F)F)cc1)OCc1nc(-c2ccc(F)cc2)no1. The topological polar surface area (TPSA) is 74.5 Å². The lowest BCUT2D eigenvalue weighted by atomic mass is 10.2. The van der Waals surface area contributed by atoms with Crippen LogP contribution in [0.3, 0.4) is 0 Å². The molecule has 0 aliphatic rings. The van der Waals surface area contributed by atoms with E-state index < -0.39 is 18.1 Å². The largest absolute Gasteiger partial charge is 0.573 e. The first-order chi connectivity index (χ1) is 13.8. The molecule has 3 aromatic rings. The van der Waals surface area contributed by atoms with E-state index in [9.17, 15) is 22.4 Å². The summed E-state index contributed by atoms with van der Waals surface area (Å²) in [7, 11) is 0. The average Bonchev–Trinajstić information content (AvgIpc) is 3.14. The number of alkyl halides is 3. The number of nitrogens with zero attached hydrogens (tertiary/aromatic N) is 2. The van der Waals surface area contributed by atoms with E-state index in [-0.39, 0.29) is 24.1 Å². The molecule has 0 atom stereocenters. The van der Waals surface area contributed by atoms with E-state index in [0.29, 0.717) is 11.1 Å². The van der Waals surface area contributed by atoms with Gasteiger partial charge in [-0.05, 0) is 48.0 Å². The summed E-state index contributed by atoms with van der Waals surface area (Å²) >= 11 is 0.